The molecule has 162 valence electrons. The van der Waals surface area contributed by atoms with Crippen molar-refractivity contribution in [1.82, 2.24) is 15.0 Å². The van der Waals surface area contributed by atoms with Crippen molar-refractivity contribution in [2.75, 3.05) is 41.7 Å². The van der Waals surface area contributed by atoms with E-state index in [9.17, 15) is 0 Å². The summed E-state index contributed by atoms with van der Waals surface area (Å²) in [4.78, 5) is 17.8. The van der Waals surface area contributed by atoms with Gasteiger partial charge in [-0.1, -0.05) is 30.3 Å². The lowest BCUT2D eigenvalue weighted by Gasteiger charge is -2.38. The van der Waals surface area contributed by atoms with Crippen molar-refractivity contribution in [3.8, 4) is 11.6 Å². The molecule has 0 saturated carbocycles. The quantitative estimate of drug-likeness (QED) is 0.520. The van der Waals surface area contributed by atoms with E-state index in [4.69, 9.17) is 10.5 Å². The van der Waals surface area contributed by atoms with E-state index in [2.05, 4.69) is 56.8 Å². The number of anilines is 3. The van der Waals surface area contributed by atoms with Crippen molar-refractivity contribution < 1.29 is 4.74 Å². The average Bonchev–Trinajstić information content (AvgIpc) is 2.83. The second kappa shape index (κ2) is 8.34. The summed E-state index contributed by atoms with van der Waals surface area (Å²) in [5, 5.41) is 1.00. The lowest BCUT2D eigenvalue weighted by Crippen LogP contribution is -2.47. The van der Waals surface area contributed by atoms with E-state index < -0.39 is 0 Å². The van der Waals surface area contributed by atoms with Crippen LogP contribution in [-0.4, -0.2) is 41.1 Å². The van der Waals surface area contributed by atoms with Gasteiger partial charge in [-0.25, -0.2) is 4.98 Å². The molecule has 3 heterocycles. The number of rotatable bonds is 4. The Balaban J connectivity index is 1.36. The summed E-state index contributed by atoms with van der Waals surface area (Å²) in [5.41, 5.74) is 11.6. The Morgan fingerprint density at radius 2 is 1.59 bits per heavy atom. The molecule has 4 aromatic rings. The van der Waals surface area contributed by atoms with Gasteiger partial charge in [-0.05, 0) is 43.2 Å². The summed E-state index contributed by atoms with van der Waals surface area (Å²) in [7, 11) is 0. The predicted octanol–water partition coefficient (Wildman–Crippen LogP) is 4.34. The van der Waals surface area contributed by atoms with Crippen LogP contribution in [-0.2, 0) is 0 Å². The molecule has 0 radical (unpaired) electrons. The van der Waals surface area contributed by atoms with Crippen LogP contribution in [0.5, 0.6) is 11.6 Å². The van der Waals surface area contributed by atoms with Crippen molar-refractivity contribution >= 4 is 28.1 Å². The van der Waals surface area contributed by atoms with Crippen LogP contribution in [0.2, 0.25) is 0 Å². The SMILES string of the molecule is Cc1cccc(N2CCN(c3ncnc(Oc4cccc5cccnc45)c3N)CC2)c1C. The van der Waals surface area contributed by atoms with Gasteiger partial charge in [0.15, 0.2) is 11.6 Å². The van der Waals surface area contributed by atoms with Gasteiger partial charge in [0.1, 0.15) is 17.5 Å². The molecular formula is C25H26N6O. The fourth-order valence-corrected chi connectivity index (χ4v) is 4.20. The first-order valence-corrected chi connectivity index (χ1v) is 10.8. The first-order chi connectivity index (χ1) is 15.6. The maximum absolute atomic E-state index is 6.47. The Morgan fingerprint density at radius 1 is 0.844 bits per heavy atom. The Labute approximate surface area is 187 Å². The largest absolute Gasteiger partial charge is 0.435 e. The molecule has 0 aliphatic carbocycles. The van der Waals surface area contributed by atoms with Crippen molar-refractivity contribution in [1.29, 1.82) is 0 Å². The van der Waals surface area contributed by atoms with E-state index in [1.807, 2.05) is 30.3 Å². The molecule has 5 rings (SSSR count). The van der Waals surface area contributed by atoms with E-state index in [0.717, 1.165) is 37.1 Å². The van der Waals surface area contributed by atoms with Gasteiger partial charge in [-0.2, -0.15) is 4.98 Å². The van der Waals surface area contributed by atoms with Gasteiger partial charge < -0.3 is 20.3 Å². The fraction of sp³-hybridized carbons (Fsp3) is 0.240. The van der Waals surface area contributed by atoms with Crippen molar-refractivity contribution in [3.63, 3.8) is 0 Å². The lowest BCUT2D eigenvalue weighted by molar-refractivity contribution is 0.468. The zero-order valence-corrected chi connectivity index (χ0v) is 18.3. The summed E-state index contributed by atoms with van der Waals surface area (Å²) in [6.45, 7) is 7.79. The van der Waals surface area contributed by atoms with E-state index in [0.29, 0.717) is 23.1 Å². The highest BCUT2D eigenvalue weighted by Crippen LogP contribution is 2.34. The molecule has 0 unspecified atom stereocenters. The molecule has 2 aromatic carbocycles. The average molecular weight is 427 g/mol. The molecule has 32 heavy (non-hydrogen) atoms. The molecule has 0 bridgehead atoms. The molecule has 1 fully saturated rings. The summed E-state index contributed by atoms with van der Waals surface area (Å²) in [6.07, 6.45) is 3.26. The minimum Gasteiger partial charge on any atom is -0.435 e. The molecule has 7 nitrogen and oxygen atoms in total. The Bertz CT molecular complexity index is 1260. The van der Waals surface area contributed by atoms with Gasteiger partial charge in [0.05, 0.1) is 0 Å². The topological polar surface area (TPSA) is 80.4 Å². The number of nitrogens with zero attached hydrogens (tertiary/aromatic N) is 5. The van der Waals surface area contributed by atoms with Crippen LogP contribution in [0, 0.1) is 13.8 Å². The van der Waals surface area contributed by atoms with Gasteiger partial charge in [0.25, 0.3) is 0 Å². The number of hydrogen-bond donors (Lipinski definition) is 1. The number of nitrogen functional groups attached to an aromatic ring is 1. The number of benzene rings is 2. The van der Waals surface area contributed by atoms with E-state index in [-0.39, 0.29) is 0 Å². The fourth-order valence-electron chi connectivity index (χ4n) is 4.20. The maximum atomic E-state index is 6.47. The lowest BCUT2D eigenvalue weighted by atomic mass is 10.1. The van der Waals surface area contributed by atoms with Crippen molar-refractivity contribution in [2.45, 2.75) is 13.8 Å². The standard InChI is InChI=1S/C25H26N6O/c1-17-6-3-9-20(18(17)2)30-12-14-31(15-13-30)24-22(26)25(29-16-28-24)32-21-10-4-7-19-8-5-11-27-23(19)21/h3-11,16H,12-15,26H2,1-2H3. The van der Waals surface area contributed by atoms with Gasteiger partial charge in [0, 0.05) is 43.4 Å². The van der Waals surface area contributed by atoms with Crippen LogP contribution in [0.1, 0.15) is 11.1 Å². The highest BCUT2D eigenvalue weighted by molar-refractivity contribution is 5.84. The normalized spacial score (nSPS) is 14.1. The Hall–Kier alpha value is -3.87. The van der Waals surface area contributed by atoms with Crippen molar-refractivity contribution in [2.24, 2.45) is 0 Å². The summed E-state index contributed by atoms with van der Waals surface area (Å²) >= 11 is 0. The third-order valence-corrected chi connectivity index (χ3v) is 6.12. The van der Waals surface area contributed by atoms with Gasteiger partial charge in [0.2, 0.25) is 5.88 Å². The highest BCUT2D eigenvalue weighted by atomic mass is 16.5. The summed E-state index contributed by atoms with van der Waals surface area (Å²) < 4.78 is 6.10. The smallest absolute Gasteiger partial charge is 0.248 e. The minimum absolute atomic E-state index is 0.352. The molecule has 2 N–H and O–H groups in total. The first kappa shape index (κ1) is 20.1. The summed E-state index contributed by atoms with van der Waals surface area (Å²) in [5.74, 6) is 1.69. The second-order valence-corrected chi connectivity index (χ2v) is 8.04. The number of aromatic nitrogens is 3. The maximum Gasteiger partial charge on any atom is 0.248 e. The number of ether oxygens (including phenoxy) is 1. The van der Waals surface area contributed by atoms with Crippen LogP contribution in [0.15, 0.2) is 61.1 Å². The van der Waals surface area contributed by atoms with E-state index in [1.54, 1.807) is 6.20 Å². The van der Waals surface area contributed by atoms with Crippen molar-refractivity contribution in [3.05, 3.63) is 72.2 Å². The number of pyridine rings is 1. The van der Waals surface area contributed by atoms with Crippen LogP contribution in [0.25, 0.3) is 10.9 Å². The number of nitrogens with two attached hydrogens (primary N) is 1. The first-order valence-electron chi connectivity index (χ1n) is 10.8. The molecule has 1 saturated heterocycles. The molecule has 2 aromatic heterocycles. The zero-order valence-electron chi connectivity index (χ0n) is 18.3. The van der Waals surface area contributed by atoms with Crippen LogP contribution in [0.4, 0.5) is 17.2 Å². The summed E-state index contributed by atoms with van der Waals surface area (Å²) in [6, 6.07) is 16.2. The number of piperazine rings is 1. The van der Waals surface area contributed by atoms with Crippen LogP contribution in [0.3, 0.4) is 0 Å². The number of aryl methyl sites for hydroxylation is 1. The van der Waals surface area contributed by atoms with E-state index >= 15 is 0 Å². The highest BCUT2D eigenvalue weighted by Gasteiger charge is 2.23. The number of hydrogen-bond acceptors (Lipinski definition) is 7. The van der Waals surface area contributed by atoms with E-state index in [1.165, 1.54) is 23.1 Å². The van der Waals surface area contributed by atoms with Gasteiger partial charge in [-0.15, -0.1) is 0 Å². The third-order valence-electron chi connectivity index (χ3n) is 6.12. The second-order valence-electron chi connectivity index (χ2n) is 8.04. The number of fused-ring (bicyclic) bond motifs is 1. The number of para-hydroxylation sites is 1. The molecule has 1 aliphatic heterocycles. The van der Waals surface area contributed by atoms with Crippen LogP contribution < -0.4 is 20.3 Å². The molecule has 0 spiro atoms. The Kier molecular flexibility index (Phi) is 5.23. The molecule has 7 heteroatoms. The molecular weight excluding hydrogens is 400 g/mol. The third kappa shape index (κ3) is 3.66. The van der Waals surface area contributed by atoms with Gasteiger partial charge in [-0.3, -0.25) is 4.98 Å². The monoisotopic (exact) mass is 426 g/mol. The molecule has 1 aliphatic rings. The Morgan fingerprint density at radius 3 is 2.44 bits per heavy atom. The molecule has 0 amide bonds. The molecule has 0 atom stereocenters. The zero-order chi connectivity index (χ0) is 22.1. The van der Waals surface area contributed by atoms with Gasteiger partial charge >= 0.3 is 0 Å². The predicted molar refractivity (Wildman–Crippen MR) is 129 cm³/mol. The minimum atomic E-state index is 0.352. The van der Waals surface area contributed by atoms with Crippen LogP contribution >= 0.6 is 0 Å².